The van der Waals surface area contributed by atoms with E-state index in [0.29, 0.717) is 12.8 Å². The van der Waals surface area contributed by atoms with Crippen molar-refractivity contribution in [1.82, 2.24) is 40.4 Å². The van der Waals surface area contributed by atoms with Crippen molar-refractivity contribution in [3.05, 3.63) is 120 Å². The van der Waals surface area contributed by atoms with Gasteiger partial charge in [-0.2, -0.15) is 0 Å². The van der Waals surface area contributed by atoms with Crippen molar-refractivity contribution in [2.45, 2.75) is 85.0 Å². The molecule has 68 heavy (non-hydrogen) atoms. The van der Waals surface area contributed by atoms with Crippen LogP contribution in [0.25, 0.3) is 11.2 Å². The number of nitrogens with zero attached hydrogens (tertiary/aromatic N) is 6. The first-order valence-corrected chi connectivity index (χ1v) is 21.8. The summed E-state index contributed by atoms with van der Waals surface area (Å²) in [5, 5.41) is 10.3. The minimum Gasteiger partial charge on any atom is -0.465 e. The molecule has 5 aromatic rings. The number of carbonyl (C=O) groups is 6. The number of imidazole rings is 1. The van der Waals surface area contributed by atoms with Gasteiger partial charge in [0.1, 0.15) is 44.8 Å². The van der Waals surface area contributed by atoms with Gasteiger partial charge < -0.3 is 38.5 Å². The van der Waals surface area contributed by atoms with Crippen molar-refractivity contribution in [3.8, 4) is 0 Å². The number of guanidine groups is 1. The monoisotopic (exact) mass is 936 g/mol. The lowest BCUT2D eigenvalue weighted by molar-refractivity contribution is -0.149. The summed E-state index contributed by atoms with van der Waals surface area (Å²) in [5.74, 6) is -1.38. The van der Waals surface area contributed by atoms with Crippen LogP contribution in [0.3, 0.4) is 0 Å². The molecule has 0 bridgehead atoms. The fourth-order valence-corrected chi connectivity index (χ4v) is 6.27. The van der Waals surface area contributed by atoms with E-state index >= 15 is 0 Å². The van der Waals surface area contributed by atoms with Crippen LogP contribution in [-0.4, -0.2) is 105 Å². The molecule has 5 amide bonds. The molecule has 21 nitrogen and oxygen atoms in total. The second kappa shape index (κ2) is 26.1. The highest BCUT2D eigenvalue weighted by Gasteiger charge is 2.27. The minimum atomic E-state index is -0.864. The average molecular weight is 937 g/mol. The van der Waals surface area contributed by atoms with Gasteiger partial charge in [-0.3, -0.25) is 30.5 Å². The Labute approximate surface area is 393 Å². The normalized spacial score (nSPS) is 11.3. The van der Waals surface area contributed by atoms with Gasteiger partial charge in [0.15, 0.2) is 17.0 Å². The van der Waals surface area contributed by atoms with Crippen LogP contribution in [0, 0.1) is 0 Å². The molecule has 5 rings (SSSR count). The number of aliphatic imine (C=N–C) groups is 1. The number of esters is 1. The molecular formula is C47H56N10O11. The van der Waals surface area contributed by atoms with Gasteiger partial charge >= 0.3 is 30.3 Å². The highest BCUT2D eigenvalue weighted by atomic mass is 16.6. The quantitative estimate of drug-likeness (QED) is 0.0222. The van der Waals surface area contributed by atoms with E-state index in [4.69, 9.17) is 23.7 Å². The molecule has 0 unspecified atom stereocenters. The predicted octanol–water partition coefficient (Wildman–Crippen LogP) is 6.24. The number of nitrogens with one attached hydrogen (secondary N) is 4. The smallest absolute Gasteiger partial charge is 0.414 e. The van der Waals surface area contributed by atoms with Crippen molar-refractivity contribution in [2.24, 2.45) is 4.99 Å². The summed E-state index contributed by atoms with van der Waals surface area (Å²) in [4.78, 5) is 96.7. The SMILES string of the molecule is CCOC(=O)CN(C[C@H](CCCCN=C(NC(=O)OCc1ccccc1)NC(=O)OCc1ccccc1)NC(=O)OC(C)(C)C)C(=O)Cn1cnc2c(NC(=O)OCc3ccccc3)ncnc21. The summed E-state index contributed by atoms with van der Waals surface area (Å²) in [6.07, 6.45) is 0.345. The molecule has 0 fully saturated rings. The van der Waals surface area contributed by atoms with Crippen molar-refractivity contribution in [1.29, 1.82) is 0 Å². The Morgan fingerprint density at radius 1 is 0.706 bits per heavy atom. The number of carbonyl (C=O) groups excluding carboxylic acids is 6. The van der Waals surface area contributed by atoms with E-state index in [1.807, 2.05) is 42.5 Å². The molecule has 0 aliphatic carbocycles. The van der Waals surface area contributed by atoms with E-state index in [1.54, 1.807) is 76.2 Å². The van der Waals surface area contributed by atoms with Gasteiger partial charge in [-0.1, -0.05) is 91.0 Å². The summed E-state index contributed by atoms with van der Waals surface area (Å²) in [5.41, 5.74) is 1.84. The van der Waals surface area contributed by atoms with Crippen LogP contribution in [0.4, 0.5) is 25.0 Å². The summed E-state index contributed by atoms with van der Waals surface area (Å²) in [7, 11) is 0. The average Bonchev–Trinajstić information content (AvgIpc) is 3.72. The summed E-state index contributed by atoms with van der Waals surface area (Å²) < 4.78 is 28.1. The van der Waals surface area contributed by atoms with Gasteiger partial charge in [0.2, 0.25) is 11.9 Å². The number of unbranched alkanes of at least 4 members (excludes halogenated alkanes) is 1. The fourth-order valence-electron chi connectivity index (χ4n) is 6.27. The number of fused-ring (bicyclic) bond motifs is 1. The van der Waals surface area contributed by atoms with E-state index in [9.17, 15) is 28.8 Å². The molecule has 0 aliphatic heterocycles. The second-order valence-electron chi connectivity index (χ2n) is 16.0. The largest absolute Gasteiger partial charge is 0.465 e. The lowest BCUT2D eigenvalue weighted by Crippen LogP contribution is -2.49. The Balaban J connectivity index is 1.26. The topological polar surface area (TPSA) is 256 Å². The molecule has 0 radical (unpaired) electrons. The summed E-state index contributed by atoms with van der Waals surface area (Å²) >= 11 is 0. The molecule has 4 N–H and O–H groups in total. The number of hydrogen-bond acceptors (Lipinski definition) is 15. The number of hydrogen-bond donors (Lipinski definition) is 4. The van der Waals surface area contributed by atoms with Crippen molar-refractivity contribution < 1.29 is 52.5 Å². The number of anilines is 1. The molecule has 0 saturated heterocycles. The maximum Gasteiger partial charge on any atom is 0.414 e. The Hall–Kier alpha value is -8.10. The number of aromatic nitrogens is 4. The molecule has 21 heteroatoms. The molecule has 0 saturated carbocycles. The Morgan fingerprint density at radius 3 is 1.81 bits per heavy atom. The van der Waals surface area contributed by atoms with E-state index in [1.165, 1.54) is 22.1 Å². The number of ether oxygens (including phenoxy) is 5. The zero-order valence-corrected chi connectivity index (χ0v) is 38.3. The third-order valence-corrected chi connectivity index (χ3v) is 9.38. The molecule has 2 heterocycles. The van der Waals surface area contributed by atoms with Crippen LogP contribution >= 0.6 is 0 Å². The van der Waals surface area contributed by atoms with Crippen LogP contribution in [0.1, 0.15) is 63.6 Å². The first-order chi connectivity index (χ1) is 32.7. The fraction of sp³-hybridized carbons (Fsp3) is 0.362. The van der Waals surface area contributed by atoms with Crippen molar-refractivity contribution in [2.75, 3.05) is 31.6 Å². The van der Waals surface area contributed by atoms with Gasteiger partial charge in [0, 0.05) is 19.1 Å². The van der Waals surface area contributed by atoms with Gasteiger partial charge in [0.05, 0.1) is 12.9 Å². The highest BCUT2D eigenvalue weighted by Crippen LogP contribution is 2.19. The lowest BCUT2D eigenvalue weighted by atomic mass is 10.1. The number of rotatable bonds is 20. The molecule has 3 aromatic carbocycles. The van der Waals surface area contributed by atoms with Gasteiger partial charge in [-0.05, 0) is 63.6 Å². The molecule has 0 aliphatic rings. The maximum atomic E-state index is 14.1. The van der Waals surface area contributed by atoms with Crippen molar-refractivity contribution >= 4 is 59.2 Å². The van der Waals surface area contributed by atoms with Crippen LogP contribution in [0.2, 0.25) is 0 Å². The number of benzene rings is 3. The van der Waals surface area contributed by atoms with Crippen LogP contribution in [-0.2, 0) is 59.6 Å². The molecule has 2 aromatic heterocycles. The van der Waals surface area contributed by atoms with E-state index in [-0.39, 0.29) is 75.4 Å². The van der Waals surface area contributed by atoms with Gasteiger partial charge in [-0.15, -0.1) is 0 Å². The first-order valence-electron chi connectivity index (χ1n) is 21.8. The Kier molecular flexibility index (Phi) is 19.6. The number of amides is 5. The van der Waals surface area contributed by atoms with Crippen molar-refractivity contribution in [3.63, 3.8) is 0 Å². The van der Waals surface area contributed by atoms with Gasteiger partial charge in [0.25, 0.3) is 0 Å². The van der Waals surface area contributed by atoms with Gasteiger partial charge in [-0.25, -0.2) is 34.1 Å². The summed E-state index contributed by atoms with van der Waals surface area (Å²) in [6, 6.07) is 26.4. The van der Waals surface area contributed by atoms with Crippen LogP contribution < -0.4 is 21.3 Å². The van der Waals surface area contributed by atoms with E-state index in [2.05, 4.69) is 41.2 Å². The third-order valence-electron chi connectivity index (χ3n) is 9.38. The predicted molar refractivity (Wildman–Crippen MR) is 248 cm³/mol. The lowest BCUT2D eigenvalue weighted by Gasteiger charge is -2.29. The Bertz CT molecular complexity index is 2410. The van der Waals surface area contributed by atoms with Crippen LogP contribution in [0.15, 0.2) is 109 Å². The van der Waals surface area contributed by atoms with E-state index < -0.39 is 54.4 Å². The third kappa shape index (κ3) is 18.1. The molecule has 0 spiro atoms. The molecular weight excluding hydrogens is 881 g/mol. The second-order valence-corrected chi connectivity index (χ2v) is 16.0. The standard InChI is InChI=1S/C47H56N10O11/c1-5-64-38(59)27-56(37(58)26-57-32-51-39-40(49-31-50-41(39)57)53-43(60)65-28-33-17-9-6-10-18-33)25-36(52-46(63)68-47(2,3)4)23-15-16-24-48-42(54-44(61)66-29-34-19-11-7-12-20-34)55-45(62)67-30-35-21-13-8-14-22-35/h6-14,17-22,31-32,36H,5,15-16,23-30H2,1-4H3,(H,52,63)(H,49,50,53,60)(H2,48,54,55,61,62)/t36-/m0/s1. The summed E-state index contributed by atoms with van der Waals surface area (Å²) in [6.45, 7) is 5.94. The molecule has 1 atom stereocenters. The van der Waals surface area contributed by atoms with E-state index in [0.717, 1.165) is 16.7 Å². The maximum absolute atomic E-state index is 14.1. The Morgan fingerprint density at radius 2 is 1.26 bits per heavy atom. The van der Waals surface area contributed by atoms with Crippen LogP contribution in [0.5, 0.6) is 0 Å². The first kappa shape index (κ1) is 50.9. The zero-order chi connectivity index (χ0) is 48.7. The zero-order valence-electron chi connectivity index (χ0n) is 38.3. The molecule has 360 valence electrons. The highest BCUT2D eigenvalue weighted by molar-refractivity contribution is 6.01. The minimum absolute atomic E-state index is 0.0234. The number of alkyl carbamates (subject to hydrolysis) is 3.